The van der Waals surface area contributed by atoms with Gasteiger partial charge in [0.1, 0.15) is 0 Å². The highest BCUT2D eigenvalue weighted by molar-refractivity contribution is 5.31. The van der Waals surface area contributed by atoms with Crippen molar-refractivity contribution in [3.05, 3.63) is 35.4 Å². The molecular formula is C16H25N. The van der Waals surface area contributed by atoms with E-state index in [9.17, 15) is 0 Å². The topological polar surface area (TPSA) is 12.0 Å². The molecular weight excluding hydrogens is 206 g/mol. The minimum atomic E-state index is 0.387. The molecule has 0 aromatic heterocycles. The van der Waals surface area contributed by atoms with Crippen LogP contribution in [0.3, 0.4) is 0 Å². The van der Waals surface area contributed by atoms with Crippen molar-refractivity contribution in [2.75, 3.05) is 6.54 Å². The molecule has 1 heteroatoms. The van der Waals surface area contributed by atoms with Gasteiger partial charge in [0.15, 0.2) is 0 Å². The third kappa shape index (κ3) is 2.71. The number of benzene rings is 1. The monoisotopic (exact) mass is 231 g/mol. The maximum absolute atomic E-state index is 3.60. The second-order valence-electron chi connectivity index (χ2n) is 5.61. The molecule has 2 unspecified atom stereocenters. The Morgan fingerprint density at radius 1 is 1.35 bits per heavy atom. The first-order valence-electron chi connectivity index (χ1n) is 7.00. The van der Waals surface area contributed by atoms with Crippen molar-refractivity contribution < 1.29 is 0 Å². The molecule has 0 radical (unpaired) electrons. The van der Waals surface area contributed by atoms with Gasteiger partial charge in [-0.05, 0) is 48.8 Å². The highest BCUT2D eigenvalue weighted by Crippen LogP contribution is 2.40. The zero-order valence-electron chi connectivity index (χ0n) is 11.4. The normalized spacial score (nSPS) is 28.5. The smallest absolute Gasteiger partial charge is 0.00756 e. The first kappa shape index (κ1) is 12.6. The molecule has 94 valence electrons. The number of hydrogen-bond donors (Lipinski definition) is 1. The van der Waals surface area contributed by atoms with E-state index in [-0.39, 0.29) is 0 Å². The molecule has 1 aliphatic rings. The first-order valence-corrected chi connectivity index (χ1v) is 7.00. The van der Waals surface area contributed by atoms with Crippen LogP contribution in [0.4, 0.5) is 0 Å². The van der Waals surface area contributed by atoms with E-state index in [0.29, 0.717) is 5.41 Å². The van der Waals surface area contributed by atoms with E-state index < -0.39 is 0 Å². The average molecular weight is 231 g/mol. The number of nitrogens with one attached hydrogen (secondary N) is 1. The quantitative estimate of drug-likeness (QED) is 0.833. The Kier molecular flexibility index (Phi) is 3.88. The predicted octanol–water partition coefficient (Wildman–Crippen LogP) is 3.67. The number of aryl methyl sites for hydroxylation is 1. The second-order valence-corrected chi connectivity index (χ2v) is 5.61. The van der Waals surface area contributed by atoms with Crippen molar-refractivity contribution in [2.24, 2.45) is 0 Å². The molecule has 2 rings (SSSR count). The van der Waals surface area contributed by atoms with Gasteiger partial charge in [0.25, 0.3) is 0 Å². The van der Waals surface area contributed by atoms with Gasteiger partial charge in [-0.25, -0.2) is 0 Å². The van der Waals surface area contributed by atoms with Crippen molar-refractivity contribution in [1.29, 1.82) is 0 Å². The van der Waals surface area contributed by atoms with Crippen LogP contribution in [0.15, 0.2) is 24.3 Å². The average Bonchev–Trinajstić information content (AvgIpc) is 2.73. The lowest BCUT2D eigenvalue weighted by Gasteiger charge is -2.25. The molecule has 1 aliphatic carbocycles. The molecule has 0 saturated heterocycles. The molecule has 1 N–H and O–H groups in total. The fourth-order valence-corrected chi connectivity index (χ4v) is 3.13. The lowest BCUT2D eigenvalue weighted by Crippen LogP contribution is -2.28. The third-order valence-electron chi connectivity index (χ3n) is 4.27. The maximum atomic E-state index is 3.60. The lowest BCUT2D eigenvalue weighted by atomic mass is 9.80. The Morgan fingerprint density at radius 2 is 2.18 bits per heavy atom. The highest BCUT2D eigenvalue weighted by atomic mass is 14.9. The zero-order valence-corrected chi connectivity index (χ0v) is 11.4. The van der Waals surface area contributed by atoms with Gasteiger partial charge in [-0.3, -0.25) is 0 Å². The minimum absolute atomic E-state index is 0.387. The molecule has 1 fully saturated rings. The van der Waals surface area contributed by atoms with Crippen LogP contribution >= 0.6 is 0 Å². The van der Waals surface area contributed by atoms with E-state index in [1.165, 1.54) is 30.4 Å². The molecule has 0 spiro atoms. The molecule has 1 aromatic carbocycles. The number of rotatable bonds is 4. The summed E-state index contributed by atoms with van der Waals surface area (Å²) in [6.45, 7) is 7.96. The van der Waals surface area contributed by atoms with Gasteiger partial charge >= 0.3 is 0 Å². The van der Waals surface area contributed by atoms with Gasteiger partial charge in [-0.2, -0.15) is 0 Å². The first-order chi connectivity index (χ1) is 8.18. The predicted molar refractivity (Wildman–Crippen MR) is 74.5 cm³/mol. The fraction of sp³-hybridized carbons (Fsp3) is 0.625. The van der Waals surface area contributed by atoms with Crippen LogP contribution in [0.2, 0.25) is 0 Å². The van der Waals surface area contributed by atoms with Crippen molar-refractivity contribution in [2.45, 2.75) is 57.9 Å². The zero-order chi connectivity index (χ0) is 12.3. The summed E-state index contributed by atoms with van der Waals surface area (Å²) in [7, 11) is 0. The van der Waals surface area contributed by atoms with Crippen molar-refractivity contribution >= 4 is 0 Å². The molecule has 1 aromatic rings. The summed E-state index contributed by atoms with van der Waals surface area (Å²) in [5.74, 6) is 0. The molecule has 1 nitrogen and oxygen atoms in total. The van der Waals surface area contributed by atoms with Crippen molar-refractivity contribution in [1.82, 2.24) is 5.32 Å². The summed E-state index contributed by atoms with van der Waals surface area (Å²) in [4.78, 5) is 0. The van der Waals surface area contributed by atoms with E-state index in [0.717, 1.165) is 19.0 Å². The Balaban J connectivity index is 2.15. The summed E-state index contributed by atoms with van der Waals surface area (Å²) in [6.07, 6.45) is 5.06. The summed E-state index contributed by atoms with van der Waals surface area (Å²) in [5.41, 5.74) is 3.39. The van der Waals surface area contributed by atoms with Gasteiger partial charge in [0.05, 0.1) is 0 Å². The Morgan fingerprint density at radius 3 is 2.88 bits per heavy atom. The van der Waals surface area contributed by atoms with E-state index >= 15 is 0 Å². The van der Waals surface area contributed by atoms with Crippen LogP contribution in [0.1, 0.15) is 51.2 Å². The molecule has 0 heterocycles. The van der Waals surface area contributed by atoms with E-state index in [1.54, 1.807) is 0 Å². The molecule has 2 atom stereocenters. The van der Waals surface area contributed by atoms with Crippen LogP contribution in [-0.4, -0.2) is 12.6 Å². The molecule has 1 saturated carbocycles. The van der Waals surface area contributed by atoms with Gasteiger partial charge in [0.2, 0.25) is 0 Å². The molecule has 17 heavy (non-hydrogen) atoms. The summed E-state index contributed by atoms with van der Waals surface area (Å²) >= 11 is 0. The number of hydrogen-bond acceptors (Lipinski definition) is 1. The van der Waals surface area contributed by atoms with Gasteiger partial charge in [0, 0.05) is 6.04 Å². The van der Waals surface area contributed by atoms with Crippen LogP contribution in [0.5, 0.6) is 0 Å². The Bertz CT molecular complexity index is 372. The highest BCUT2D eigenvalue weighted by Gasteiger charge is 2.35. The summed E-state index contributed by atoms with van der Waals surface area (Å²) in [5, 5.41) is 3.60. The van der Waals surface area contributed by atoms with Crippen molar-refractivity contribution in [3.8, 4) is 0 Å². The minimum Gasteiger partial charge on any atom is -0.314 e. The fourth-order valence-electron chi connectivity index (χ4n) is 3.13. The Hall–Kier alpha value is -0.820. The van der Waals surface area contributed by atoms with Crippen LogP contribution in [0.25, 0.3) is 0 Å². The van der Waals surface area contributed by atoms with Crippen LogP contribution < -0.4 is 5.32 Å². The standard InChI is InChI=1S/C16H25N/c1-4-13-7-6-8-14(11-13)16(3)10-9-15(12-16)17-5-2/h6-8,11,15,17H,4-5,9-10,12H2,1-3H3. The van der Waals surface area contributed by atoms with Gasteiger partial charge in [-0.15, -0.1) is 0 Å². The summed E-state index contributed by atoms with van der Waals surface area (Å²) < 4.78 is 0. The van der Waals surface area contributed by atoms with Crippen LogP contribution in [0, 0.1) is 0 Å². The van der Waals surface area contributed by atoms with Gasteiger partial charge < -0.3 is 5.32 Å². The third-order valence-corrected chi connectivity index (χ3v) is 4.27. The van der Waals surface area contributed by atoms with E-state index in [2.05, 4.69) is 50.4 Å². The lowest BCUT2D eigenvalue weighted by molar-refractivity contribution is 0.457. The van der Waals surface area contributed by atoms with E-state index in [1.807, 2.05) is 0 Å². The van der Waals surface area contributed by atoms with E-state index in [4.69, 9.17) is 0 Å². The van der Waals surface area contributed by atoms with Crippen molar-refractivity contribution in [3.63, 3.8) is 0 Å². The molecule has 0 amide bonds. The second kappa shape index (κ2) is 5.22. The van der Waals surface area contributed by atoms with Gasteiger partial charge in [-0.1, -0.05) is 45.0 Å². The molecule has 0 aliphatic heterocycles. The molecule has 0 bridgehead atoms. The largest absolute Gasteiger partial charge is 0.314 e. The Labute approximate surface area is 106 Å². The summed E-state index contributed by atoms with van der Waals surface area (Å²) in [6, 6.07) is 9.90. The maximum Gasteiger partial charge on any atom is 0.00756 e. The SMILES string of the molecule is CCNC1CCC(C)(c2cccc(CC)c2)C1. The van der Waals surface area contributed by atoms with Crippen LogP contribution in [-0.2, 0) is 11.8 Å².